The number of carbonyl (C=O) groups excluding carboxylic acids is 2. The lowest BCUT2D eigenvalue weighted by Crippen LogP contribution is -2.57. The number of guanidine groups is 2. The van der Waals surface area contributed by atoms with Gasteiger partial charge in [0.1, 0.15) is 37.1 Å². The van der Waals surface area contributed by atoms with E-state index in [-0.39, 0.29) is 11.9 Å². The number of phosphoric acid groups is 1. The number of hydrogen-bond acceptors (Lipinski definition) is 21. The van der Waals surface area contributed by atoms with Crippen molar-refractivity contribution in [1.82, 2.24) is 20.4 Å². The fraction of sp³-hybridized carbons (Fsp3) is 0.700. The van der Waals surface area contributed by atoms with Gasteiger partial charge in [-0.2, -0.15) is 14.3 Å². The number of phosphoric ester groups is 1. The Bertz CT molecular complexity index is 1470. The summed E-state index contributed by atoms with van der Waals surface area (Å²) in [5.41, 5.74) is 11.3. The first-order chi connectivity index (χ1) is 21.7. The Morgan fingerprint density at radius 3 is 1.91 bits per heavy atom. The number of nitrogens with zero attached hydrogens (tertiary/aromatic N) is 6. The van der Waals surface area contributed by atoms with E-state index in [9.17, 15) is 39.0 Å². The van der Waals surface area contributed by atoms with Crippen LogP contribution in [0.5, 0.6) is 0 Å². The van der Waals surface area contributed by atoms with Gasteiger partial charge in [-0.25, -0.2) is 14.5 Å². The minimum absolute atomic E-state index is 0.210. The van der Waals surface area contributed by atoms with Gasteiger partial charge >= 0.3 is 16.0 Å². The van der Waals surface area contributed by atoms with Gasteiger partial charge in [0, 0.05) is 0 Å². The zero-order chi connectivity index (χ0) is 32.7. The van der Waals surface area contributed by atoms with Crippen molar-refractivity contribution in [2.24, 2.45) is 31.4 Å². The van der Waals surface area contributed by atoms with Crippen molar-refractivity contribution >= 4 is 52.4 Å². The maximum Gasteiger partial charge on any atom is 0.570 e. The second kappa shape index (κ2) is 11.3. The van der Waals surface area contributed by atoms with Crippen molar-refractivity contribution in [2.75, 3.05) is 13.2 Å². The SMILES string of the molecule is NC1=NC2C(N=CN2[C@@H]2OC3CO[P+](O)(O)O[C@@H]4C(COP(=O)(O)O[C@H]3[C@H]2O)O[C@@H](N2C=NC3C(=O)NC(N)=NC32)[C@@H]4O)C(=O)N1. The van der Waals surface area contributed by atoms with Crippen LogP contribution in [0.1, 0.15) is 0 Å². The minimum atomic E-state index is -5.06. The van der Waals surface area contributed by atoms with E-state index in [1.165, 1.54) is 22.5 Å². The predicted octanol–water partition coefficient (Wildman–Crippen LogP) is -6.30. The fourth-order valence-electron chi connectivity index (χ4n) is 5.95. The van der Waals surface area contributed by atoms with E-state index >= 15 is 0 Å². The summed E-state index contributed by atoms with van der Waals surface area (Å²) in [6, 6.07) is -2.07. The van der Waals surface area contributed by atoms with Gasteiger partial charge in [-0.15, -0.1) is 4.52 Å². The number of rotatable bonds is 2. The zero-order valence-corrected chi connectivity index (χ0v) is 24.9. The van der Waals surface area contributed by atoms with Crippen LogP contribution >= 0.6 is 16.0 Å². The van der Waals surface area contributed by atoms with Crippen LogP contribution in [0.2, 0.25) is 0 Å². The van der Waals surface area contributed by atoms with Crippen molar-refractivity contribution < 1.29 is 66.6 Å². The molecule has 0 aromatic rings. The molecule has 7 aliphatic rings. The molecule has 0 spiro atoms. The van der Waals surface area contributed by atoms with Crippen LogP contribution in [-0.2, 0) is 41.7 Å². The van der Waals surface area contributed by atoms with E-state index in [0.29, 0.717) is 0 Å². The molecular weight excluding hydrogens is 666 g/mol. The first-order valence-corrected chi connectivity index (χ1v) is 16.6. The van der Waals surface area contributed by atoms with Crippen LogP contribution < -0.4 is 22.1 Å². The molecule has 24 nitrogen and oxygen atoms in total. The summed E-state index contributed by atoms with van der Waals surface area (Å²) in [6.07, 6.45) is -12.2. The summed E-state index contributed by atoms with van der Waals surface area (Å²) in [4.78, 5) is 75.5. The zero-order valence-electron chi connectivity index (χ0n) is 23.1. The maximum atomic E-state index is 13.1. The molecule has 252 valence electrons. The van der Waals surface area contributed by atoms with Crippen LogP contribution in [0.3, 0.4) is 0 Å². The Labute approximate surface area is 257 Å². The van der Waals surface area contributed by atoms with Crippen LogP contribution in [0.4, 0.5) is 0 Å². The van der Waals surface area contributed by atoms with Crippen LogP contribution in [0.25, 0.3) is 0 Å². The molecule has 11 N–H and O–H groups in total. The van der Waals surface area contributed by atoms with Gasteiger partial charge in [-0.05, 0) is 0 Å². The van der Waals surface area contributed by atoms with E-state index in [1.54, 1.807) is 0 Å². The highest BCUT2D eigenvalue weighted by atomic mass is 31.2. The highest BCUT2D eigenvalue weighted by Crippen LogP contribution is 2.57. The van der Waals surface area contributed by atoms with E-state index < -0.39 is 115 Å². The normalized spacial score (nSPS) is 46.6. The van der Waals surface area contributed by atoms with Crippen LogP contribution in [0.15, 0.2) is 20.0 Å². The molecule has 7 unspecified atom stereocenters. The van der Waals surface area contributed by atoms with Gasteiger partial charge in [-0.1, -0.05) is 0 Å². The Kier molecular flexibility index (Phi) is 7.79. The number of fused-ring (bicyclic) bond motifs is 4. The van der Waals surface area contributed by atoms with Crippen molar-refractivity contribution in [3.05, 3.63) is 0 Å². The maximum absolute atomic E-state index is 13.1. The number of amides is 2. The average molecular weight is 695 g/mol. The third kappa shape index (κ3) is 5.53. The quantitative estimate of drug-likeness (QED) is 0.121. The van der Waals surface area contributed by atoms with Crippen molar-refractivity contribution in [3.8, 4) is 0 Å². The third-order valence-corrected chi connectivity index (χ3v) is 10.00. The summed E-state index contributed by atoms with van der Waals surface area (Å²) in [5.74, 6) is -1.55. The lowest BCUT2D eigenvalue weighted by atomic mass is 10.1. The number of nitrogens with one attached hydrogen (secondary N) is 2. The van der Waals surface area contributed by atoms with Crippen molar-refractivity contribution in [3.63, 3.8) is 0 Å². The van der Waals surface area contributed by atoms with Gasteiger partial charge < -0.3 is 45.8 Å². The largest absolute Gasteiger partial charge is 0.570 e. The van der Waals surface area contributed by atoms with Gasteiger partial charge in [-0.3, -0.25) is 39.3 Å². The van der Waals surface area contributed by atoms with E-state index in [1.807, 2.05) is 0 Å². The number of aliphatic hydroxyl groups excluding tert-OH is 2. The smallest absolute Gasteiger partial charge is 0.386 e. The number of ether oxygens (including phenoxy) is 2. The molecule has 0 aromatic carbocycles. The highest BCUT2D eigenvalue weighted by molar-refractivity contribution is 7.54. The second-order valence-corrected chi connectivity index (χ2v) is 13.8. The first kappa shape index (κ1) is 31.6. The van der Waals surface area contributed by atoms with E-state index in [2.05, 4.69) is 30.6 Å². The highest BCUT2D eigenvalue weighted by Gasteiger charge is 2.60. The summed E-state index contributed by atoms with van der Waals surface area (Å²) >= 11 is 0. The molecule has 3 saturated heterocycles. The monoisotopic (exact) mass is 695 g/mol. The topological polar surface area (TPSA) is 340 Å². The minimum Gasteiger partial charge on any atom is -0.386 e. The Morgan fingerprint density at radius 2 is 1.37 bits per heavy atom. The predicted molar refractivity (Wildman–Crippen MR) is 148 cm³/mol. The lowest BCUT2D eigenvalue weighted by molar-refractivity contribution is -0.125. The van der Waals surface area contributed by atoms with Gasteiger partial charge in [0.25, 0.3) is 11.8 Å². The summed E-state index contributed by atoms with van der Waals surface area (Å²) in [6.45, 7) is -1.60. The molecule has 13 atom stereocenters. The van der Waals surface area contributed by atoms with Gasteiger partial charge in [0.05, 0.1) is 19.3 Å². The molecule has 7 heterocycles. The number of hydrogen-bond donors (Lipinski definition) is 9. The molecule has 0 bridgehead atoms. The average Bonchev–Trinajstić information content (AvgIpc) is 3.72. The first-order valence-electron chi connectivity index (χ1n) is 13.6. The summed E-state index contributed by atoms with van der Waals surface area (Å²) in [5, 5.41) is 27.0. The molecule has 0 aliphatic carbocycles. The van der Waals surface area contributed by atoms with E-state index in [4.69, 9.17) is 39.0 Å². The Hall–Kier alpha value is -2.96. The summed E-state index contributed by atoms with van der Waals surface area (Å²) in [7, 11) is -9.89. The molecule has 7 aliphatic heterocycles. The molecule has 0 saturated carbocycles. The standard InChI is InChI=1S/C20H28N10O14P2/c21-19-25-13-7(15(33)27-19)23-3-29(13)17-9(31)11-5(41-17)1-39-45(35,36)44-12-6(2-40-46(37,38)43-11)42-18(10(12)32)30-4-24-8-14(30)26-20(22)28-16(8)34/h3-14,17-18,31-32,35-36H,1-2H2,(H6-,21,22,25,26,27,28,33,34,37,38)/p+1/t5?,6?,7?,8?,9-,10-,11-,12-,13?,14?,17-,18-/m1/s1. The molecule has 7 rings (SSSR count). The molecule has 2 amide bonds. The third-order valence-electron chi connectivity index (χ3n) is 8.01. The van der Waals surface area contributed by atoms with Crippen molar-refractivity contribution in [1.29, 1.82) is 0 Å². The molecule has 3 fully saturated rings. The van der Waals surface area contributed by atoms with Crippen LogP contribution in [-0.4, -0.2) is 158 Å². The van der Waals surface area contributed by atoms with Crippen LogP contribution in [0, 0.1) is 0 Å². The number of nitrogens with two attached hydrogens (primary N) is 2. The summed E-state index contributed by atoms with van der Waals surface area (Å²) < 4.78 is 45.8. The Balaban J connectivity index is 1.10. The molecule has 26 heteroatoms. The number of carbonyl (C=O) groups is 2. The molecule has 0 aromatic heterocycles. The van der Waals surface area contributed by atoms with E-state index in [0.717, 1.165) is 0 Å². The fourth-order valence-corrected chi connectivity index (χ4v) is 7.89. The van der Waals surface area contributed by atoms with Gasteiger partial charge in [0.15, 0.2) is 54.9 Å². The van der Waals surface area contributed by atoms with Gasteiger partial charge in [0.2, 0.25) is 0 Å². The number of aliphatic imine (C=N–C) groups is 4. The van der Waals surface area contributed by atoms with Crippen molar-refractivity contribution in [2.45, 2.75) is 73.5 Å². The second-order valence-electron chi connectivity index (χ2n) is 10.9. The lowest BCUT2D eigenvalue weighted by Gasteiger charge is -2.33. The Morgan fingerprint density at radius 1 is 0.870 bits per heavy atom. The molecule has 0 radical (unpaired) electrons. The molecular formula is C20H29N10O14P2+. The molecule has 46 heavy (non-hydrogen) atoms. The number of aliphatic hydroxyl groups is 2.